The Labute approximate surface area is 121 Å². The number of halogens is 1. The van der Waals surface area contributed by atoms with E-state index in [1.54, 1.807) is 30.3 Å². The SMILES string of the molecule is N#Cc1cccc(Sc2ccc(Br)cc2[N+](=O)[O-])n1. The largest absolute Gasteiger partial charge is 0.284 e. The molecule has 2 aromatic rings. The molecule has 1 aromatic carbocycles. The summed E-state index contributed by atoms with van der Waals surface area (Å²) in [5.74, 6) is 0. The molecular weight excluding hydrogens is 330 g/mol. The summed E-state index contributed by atoms with van der Waals surface area (Å²) < 4.78 is 0.641. The maximum Gasteiger partial charge on any atom is 0.284 e. The van der Waals surface area contributed by atoms with E-state index in [2.05, 4.69) is 20.9 Å². The molecule has 0 fully saturated rings. The van der Waals surface area contributed by atoms with Crippen molar-refractivity contribution >= 4 is 33.4 Å². The van der Waals surface area contributed by atoms with Gasteiger partial charge in [-0.15, -0.1) is 0 Å². The Morgan fingerprint density at radius 3 is 2.84 bits per heavy atom. The molecule has 0 aliphatic carbocycles. The number of benzene rings is 1. The molecule has 5 nitrogen and oxygen atoms in total. The van der Waals surface area contributed by atoms with Gasteiger partial charge in [0, 0.05) is 10.5 Å². The lowest BCUT2D eigenvalue weighted by Gasteiger charge is -2.03. The predicted octanol–water partition coefficient (Wildman–Crippen LogP) is 3.78. The van der Waals surface area contributed by atoms with Crippen LogP contribution >= 0.6 is 27.7 Å². The Balaban J connectivity index is 2.38. The molecule has 0 saturated heterocycles. The van der Waals surface area contributed by atoms with Crippen LogP contribution in [-0.2, 0) is 0 Å². The first-order valence-corrected chi connectivity index (χ1v) is 6.70. The minimum absolute atomic E-state index is 0.00327. The molecule has 0 aliphatic heterocycles. The molecule has 0 amide bonds. The number of aromatic nitrogens is 1. The zero-order valence-electron chi connectivity index (χ0n) is 9.41. The first-order valence-electron chi connectivity index (χ1n) is 5.09. The van der Waals surface area contributed by atoms with Crippen molar-refractivity contribution < 1.29 is 4.92 Å². The van der Waals surface area contributed by atoms with Crippen molar-refractivity contribution in [2.24, 2.45) is 0 Å². The minimum Gasteiger partial charge on any atom is -0.258 e. The average Bonchev–Trinajstić information content (AvgIpc) is 2.41. The average molecular weight is 336 g/mol. The lowest BCUT2D eigenvalue weighted by atomic mass is 10.3. The Kier molecular flexibility index (Phi) is 4.14. The second-order valence-electron chi connectivity index (χ2n) is 3.44. The van der Waals surface area contributed by atoms with Gasteiger partial charge >= 0.3 is 0 Å². The van der Waals surface area contributed by atoms with Crippen LogP contribution in [0.15, 0.2) is 50.8 Å². The first kappa shape index (κ1) is 13.5. The van der Waals surface area contributed by atoms with Gasteiger partial charge in [0.2, 0.25) is 0 Å². The summed E-state index contributed by atoms with van der Waals surface area (Å²) in [6, 6.07) is 11.7. The van der Waals surface area contributed by atoms with Gasteiger partial charge in [0.25, 0.3) is 5.69 Å². The number of nitro benzene ring substituents is 1. The molecule has 1 aromatic heterocycles. The highest BCUT2D eigenvalue weighted by molar-refractivity contribution is 9.10. The van der Waals surface area contributed by atoms with Crippen molar-refractivity contribution in [1.29, 1.82) is 5.26 Å². The summed E-state index contributed by atoms with van der Waals surface area (Å²) in [6.07, 6.45) is 0. The Bertz CT molecular complexity index is 685. The van der Waals surface area contributed by atoms with Crippen molar-refractivity contribution in [3.8, 4) is 6.07 Å². The summed E-state index contributed by atoms with van der Waals surface area (Å²) in [5.41, 5.74) is 0.285. The second kappa shape index (κ2) is 5.82. The first-order chi connectivity index (χ1) is 9.10. The molecule has 7 heteroatoms. The highest BCUT2D eigenvalue weighted by Crippen LogP contribution is 2.35. The molecule has 0 spiro atoms. The van der Waals surface area contributed by atoms with Crippen LogP contribution in [0.5, 0.6) is 0 Å². The minimum atomic E-state index is -0.443. The van der Waals surface area contributed by atoms with Gasteiger partial charge < -0.3 is 0 Å². The van der Waals surface area contributed by atoms with Crippen molar-refractivity contribution in [2.75, 3.05) is 0 Å². The van der Waals surface area contributed by atoms with Gasteiger partial charge in [0.05, 0.1) is 9.82 Å². The van der Waals surface area contributed by atoms with Crippen LogP contribution in [0.3, 0.4) is 0 Å². The topological polar surface area (TPSA) is 79.8 Å². The third-order valence-electron chi connectivity index (χ3n) is 2.17. The number of hydrogen-bond donors (Lipinski definition) is 0. The number of nitrogens with zero attached hydrogens (tertiary/aromatic N) is 3. The van der Waals surface area contributed by atoms with E-state index in [0.717, 1.165) is 11.8 Å². The molecule has 2 rings (SSSR count). The van der Waals surface area contributed by atoms with E-state index >= 15 is 0 Å². The van der Waals surface area contributed by atoms with Crippen LogP contribution in [0.1, 0.15) is 5.69 Å². The van der Waals surface area contributed by atoms with Gasteiger partial charge in [-0.3, -0.25) is 10.1 Å². The monoisotopic (exact) mass is 335 g/mol. The Hall–Kier alpha value is -1.91. The molecule has 19 heavy (non-hydrogen) atoms. The van der Waals surface area contributed by atoms with Crippen LogP contribution in [0.2, 0.25) is 0 Å². The molecule has 0 bridgehead atoms. The number of nitriles is 1. The molecule has 0 N–H and O–H groups in total. The molecule has 0 unspecified atom stereocenters. The van der Waals surface area contributed by atoms with Gasteiger partial charge in [-0.1, -0.05) is 33.8 Å². The maximum absolute atomic E-state index is 11.0. The van der Waals surface area contributed by atoms with Crippen molar-refractivity contribution in [3.05, 3.63) is 56.7 Å². The van der Waals surface area contributed by atoms with Crippen LogP contribution in [0.25, 0.3) is 0 Å². The Morgan fingerprint density at radius 1 is 1.37 bits per heavy atom. The summed E-state index contributed by atoms with van der Waals surface area (Å²) in [5, 5.41) is 20.3. The molecule has 1 heterocycles. The maximum atomic E-state index is 11.0. The zero-order chi connectivity index (χ0) is 13.8. The lowest BCUT2D eigenvalue weighted by Crippen LogP contribution is -1.91. The fourth-order valence-electron chi connectivity index (χ4n) is 1.37. The third-order valence-corrected chi connectivity index (χ3v) is 3.67. The number of nitro groups is 1. The van der Waals surface area contributed by atoms with E-state index in [4.69, 9.17) is 5.26 Å². The van der Waals surface area contributed by atoms with E-state index in [-0.39, 0.29) is 11.4 Å². The smallest absolute Gasteiger partial charge is 0.258 e. The molecule has 0 radical (unpaired) electrons. The molecule has 0 atom stereocenters. The van der Waals surface area contributed by atoms with Crippen molar-refractivity contribution in [2.45, 2.75) is 9.92 Å². The summed E-state index contributed by atoms with van der Waals surface area (Å²) in [7, 11) is 0. The molecule has 94 valence electrons. The highest BCUT2D eigenvalue weighted by Gasteiger charge is 2.15. The molecule has 0 aliphatic rings. The van der Waals surface area contributed by atoms with Gasteiger partial charge in [-0.2, -0.15) is 5.26 Å². The van der Waals surface area contributed by atoms with Gasteiger partial charge in [0.15, 0.2) is 0 Å². The standard InChI is InChI=1S/C12H6BrN3O2S/c13-8-4-5-11(10(6-8)16(17)18)19-12-3-1-2-9(7-14)15-12/h1-6H. The van der Waals surface area contributed by atoms with E-state index in [1.807, 2.05) is 6.07 Å². The highest BCUT2D eigenvalue weighted by atomic mass is 79.9. The van der Waals surface area contributed by atoms with E-state index in [1.165, 1.54) is 6.07 Å². The second-order valence-corrected chi connectivity index (χ2v) is 5.42. The van der Waals surface area contributed by atoms with E-state index in [0.29, 0.717) is 14.4 Å². The number of rotatable bonds is 3. The van der Waals surface area contributed by atoms with Gasteiger partial charge in [-0.25, -0.2) is 4.98 Å². The van der Waals surface area contributed by atoms with Crippen molar-refractivity contribution in [3.63, 3.8) is 0 Å². The van der Waals surface area contributed by atoms with Gasteiger partial charge in [-0.05, 0) is 24.3 Å². The Morgan fingerprint density at radius 2 is 2.16 bits per heavy atom. The fourth-order valence-corrected chi connectivity index (χ4v) is 2.61. The molecular formula is C12H6BrN3O2S. The van der Waals surface area contributed by atoms with Crippen LogP contribution in [-0.4, -0.2) is 9.91 Å². The van der Waals surface area contributed by atoms with Crippen LogP contribution in [0.4, 0.5) is 5.69 Å². The summed E-state index contributed by atoms with van der Waals surface area (Å²) in [6.45, 7) is 0. The third kappa shape index (κ3) is 3.30. The van der Waals surface area contributed by atoms with E-state index in [9.17, 15) is 10.1 Å². The number of hydrogen-bond acceptors (Lipinski definition) is 5. The normalized spacial score (nSPS) is 9.89. The summed E-state index contributed by atoms with van der Waals surface area (Å²) in [4.78, 5) is 15.1. The van der Waals surface area contributed by atoms with Crippen molar-refractivity contribution in [1.82, 2.24) is 4.98 Å². The zero-order valence-corrected chi connectivity index (χ0v) is 11.8. The van der Waals surface area contributed by atoms with Crippen LogP contribution in [0, 0.1) is 21.4 Å². The quantitative estimate of drug-likeness (QED) is 0.629. The van der Waals surface area contributed by atoms with Gasteiger partial charge in [0.1, 0.15) is 16.8 Å². The predicted molar refractivity (Wildman–Crippen MR) is 73.9 cm³/mol. The van der Waals surface area contributed by atoms with Crippen LogP contribution < -0.4 is 0 Å². The number of pyridine rings is 1. The summed E-state index contributed by atoms with van der Waals surface area (Å²) >= 11 is 4.36. The molecule has 0 saturated carbocycles. The lowest BCUT2D eigenvalue weighted by molar-refractivity contribution is -0.387. The van der Waals surface area contributed by atoms with E-state index < -0.39 is 4.92 Å². The fraction of sp³-hybridized carbons (Fsp3) is 0.